The van der Waals surface area contributed by atoms with E-state index >= 15 is 0 Å². The Hall–Kier alpha value is -1.95. The van der Waals surface area contributed by atoms with Gasteiger partial charge in [0.2, 0.25) is 0 Å². The molecule has 0 bridgehead atoms. The molecule has 0 spiro atoms. The van der Waals surface area contributed by atoms with Crippen LogP contribution in [0.1, 0.15) is 34.1 Å². The maximum atomic E-state index is 5.52. The number of nitrogens with one attached hydrogen (secondary N) is 2. The third-order valence-corrected chi connectivity index (χ3v) is 5.48. The first-order valence-electron chi connectivity index (χ1n) is 10.5. The van der Waals surface area contributed by atoms with Gasteiger partial charge in [-0.2, -0.15) is 0 Å². The van der Waals surface area contributed by atoms with Crippen LogP contribution in [0.3, 0.4) is 0 Å². The first-order valence-corrected chi connectivity index (χ1v) is 10.5. The third-order valence-electron chi connectivity index (χ3n) is 5.48. The molecule has 0 aliphatic carbocycles. The lowest BCUT2D eigenvalue weighted by Crippen LogP contribution is -2.46. The molecule has 1 aliphatic rings. The maximum Gasteiger partial charge on any atom is 0.191 e. The summed E-state index contributed by atoms with van der Waals surface area (Å²) in [4.78, 5) is 9.29. The first-order chi connectivity index (χ1) is 13.5. The molecule has 1 aromatic carbocycles. The van der Waals surface area contributed by atoms with Crippen LogP contribution in [0.15, 0.2) is 29.3 Å². The predicted molar refractivity (Wildman–Crippen MR) is 120 cm³/mol. The lowest BCUT2D eigenvalue weighted by molar-refractivity contribution is 0.178. The van der Waals surface area contributed by atoms with E-state index in [-0.39, 0.29) is 0 Å². The van der Waals surface area contributed by atoms with E-state index in [2.05, 4.69) is 65.3 Å². The molecule has 158 valence electrons. The fraction of sp³-hybridized carbons (Fsp3) is 0.682. The van der Waals surface area contributed by atoms with Crippen LogP contribution in [0.4, 0.5) is 5.69 Å². The number of rotatable bonds is 9. The van der Waals surface area contributed by atoms with Crippen LogP contribution >= 0.6 is 0 Å². The number of ether oxygens (including phenoxy) is 1. The summed E-state index contributed by atoms with van der Waals surface area (Å²) in [7, 11) is 3.58. The van der Waals surface area contributed by atoms with Gasteiger partial charge in [0.05, 0.1) is 12.8 Å². The number of aliphatic imine (C=N–C) groups is 1. The molecule has 0 radical (unpaired) electrons. The van der Waals surface area contributed by atoms with Crippen molar-refractivity contribution in [3.05, 3.63) is 24.3 Å². The van der Waals surface area contributed by atoms with Gasteiger partial charge in [-0.25, -0.2) is 0 Å². The number of guanidine groups is 1. The van der Waals surface area contributed by atoms with E-state index in [9.17, 15) is 0 Å². The van der Waals surface area contributed by atoms with Crippen molar-refractivity contribution in [1.82, 2.24) is 15.5 Å². The number of hydrogen-bond donors (Lipinski definition) is 2. The Labute approximate surface area is 171 Å². The molecule has 6 heteroatoms. The molecule has 0 amide bonds. The molecular formula is C22H39N5O. The lowest BCUT2D eigenvalue weighted by Gasteiger charge is -2.30. The fourth-order valence-electron chi connectivity index (χ4n) is 3.99. The van der Waals surface area contributed by atoms with Crippen molar-refractivity contribution in [2.75, 3.05) is 51.8 Å². The predicted octanol–water partition coefficient (Wildman–Crippen LogP) is 2.81. The van der Waals surface area contributed by atoms with Gasteiger partial charge in [-0.1, -0.05) is 12.1 Å². The minimum absolute atomic E-state index is 0.552. The summed E-state index contributed by atoms with van der Waals surface area (Å²) in [6.45, 7) is 14.0. The van der Waals surface area contributed by atoms with Gasteiger partial charge >= 0.3 is 0 Å². The minimum atomic E-state index is 0.552. The Morgan fingerprint density at radius 3 is 2.57 bits per heavy atom. The van der Waals surface area contributed by atoms with Gasteiger partial charge in [-0.15, -0.1) is 0 Å². The average molecular weight is 390 g/mol. The number of para-hydroxylation sites is 2. The molecular weight excluding hydrogens is 350 g/mol. The second-order valence-corrected chi connectivity index (χ2v) is 8.08. The highest BCUT2D eigenvalue weighted by atomic mass is 16.5. The summed E-state index contributed by atoms with van der Waals surface area (Å²) in [6, 6.07) is 9.38. The van der Waals surface area contributed by atoms with Crippen LogP contribution in [-0.4, -0.2) is 69.8 Å². The quantitative estimate of drug-likeness (QED) is 0.502. The van der Waals surface area contributed by atoms with Crippen molar-refractivity contribution in [2.24, 2.45) is 10.9 Å². The standard InChI is InChI=1S/C22H39N5O/c1-17(2)27(18(3)4)14-12-24-22(23-5)25-15-19-11-13-26(16-19)20-9-7-8-10-21(20)28-6/h7-10,17-19H,11-16H2,1-6H3,(H2,23,24,25). The van der Waals surface area contributed by atoms with Gasteiger partial charge < -0.3 is 20.3 Å². The van der Waals surface area contributed by atoms with E-state index in [1.165, 1.54) is 12.1 Å². The molecule has 1 atom stereocenters. The fourth-order valence-corrected chi connectivity index (χ4v) is 3.99. The number of hydrogen-bond acceptors (Lipinski definition) is 4. The molecule has 1 aromatic rings. The normalized spacial score (nSPS) is 17.7. The molecule has 1 saturated heterocycles. The summed E-state index contributed by atoms with van der Waals surface area (Å²) in [5.41, 5.74) is 1.19. The van der Waals surface area contributed by atoms with Crippen molar-refractivity contribution >= 4 is 11.6 Å². The summed E-state index contributed by atoms with van der Waals surface area (Å²) < 4.78 is 5.52. The van der Waals surface area contributed by atoms with Gasteiger partial charge in [-0.05, 0) is 52.2 Å². The third kappa shape index (κ3) is 6.30. The molecule has 1 fully saturated rings. The van der Waals surface area contributed by atoms with Crippen molar-refractivity contribution in [1.29, 1.82) is 0 Å². The lowest BCUT2D eigenvalue weighted by atomic mass is 10.1. The molecule has 0 saturated carbocycles. The van der Waals surface area contributed by atoms with E-state index in [0.717, 1.165) is 44.4 Å². The molecule has 1 unspecified atom stereocenters. The van der Waals surface area contributed by atoms with Crippen LogP contribution in [0.25, 0.3) is 0 Å². The highest BCUT2D eigenvalue weighted by Crippen LogP contribution is 2.31. The zero-order chi connectivity index (χ0) is 20.5. The smallest absolute Gasteiger partial charge is 0.191 e. The highest BCUT2D eigenvalue weighted by Gasteiger charge is 2.24. The number of anilines is 1. The van der Waals surface area contributed by atoms with E-state index < -0.39 is 0 Å². The second-order valence-electron chi connectivity index (χ2n) is 8.08. The number of benzene rings is 1. The van der Waals surface area contributed by atoms with Gasteiger partial charge in [-0.3, -0.25) is 9.89 Å². The van der Waals surface area contributed by atoms with Crippen LogP contribution < -0.4 is 20.3 Å². The summed E-state index contributed by atoms with van der Waals surface area (Å²) in [5, 5.41) is 6.96. The zero-order valence-electron chi connectivity index (χ0n) is 18.5. The first kappa shape index (κ1) is 22.3. The highest BCUT2D eigenvalue weighted by molar-refractivity contribution is 5.79. The Bertz CT molecular complexity index is 609. The molecule has 6 nitrogen and oxygen atoms in total. The zero-order valence-corrected chi connectivity index (χ0v) is 18.5. The summed E-state index contributed by atoms with van der Waals surface area (Å²) in [6.07, 6.45) is 1.18. The van der Waals surface area contributed by atoms with Gasteiger partial charge in [0, 0.05) is 51.9 Å². The van der Waals surface area contributed by atoms with Crippen LogP contribution in [0, 0.1) is 5.92 Å². The Morgan fingerprint density at radius 1 is 1.21 bits per heavy atom. The summed E-state index contributed by atoms with van der Waals surface area (Å²) >= 11 is 0. The molecule has 2 N–H and O–H groups in total. The van der Waals surface area contributed by atoms with Crippen molar-refractivity contribution in [2.45, 2.75) is 46.2 Å². The van der Waals surface area contributed by atoms with E-state index in [0.29, 0.717) is 18.0 Å². The number of nitrogens with zero attached hydrogens (tertiary/aromatic N) is 3. The molecule has 2 rings (SSSR count). The topological polar surface area (TPSA) is 52.1 Å². The largest absolute Gasteiger partial charge is 0.495 e. The summed E-state index contributed by atoms with van der Waals surface area (Å²) in [5.74, 6) is 2.45. The van der Waals surface area contributed by atoms with Gasteiger partial charge in [0.15, 0.2) is 5.96 Å². The van der Waals surface area contributed by atoms with Crippen LogP contribution in [0.5, 0.6) is 5.75 Å². The molecule has 28 heavy (non-hydrogen) atoms. The van der Waals surface area contributed by atoms with Crippen molar-refractivity contribution in [3.63, 3.8) is 0 Å². The Balaban J connectivity index is 1.77. The maximum absolute atomic E-state index is 5.52. The molecule has 1 heterocycles. The van der Waals surface area contributed by atoms with E-state index in [1.54, 1.807) is 7.11 Å². The Morgan fingerprint density at radius 2 is 1.93 bits per heavy atom. The minimum Gasteiger partial charge on any atom is -0.495 e. The molecule has 0 aromatic heterocycles. The van der Waals surface area contributed by atoms with Crippen molar-refractivity contribution < 1.29 is 4.74 Å². The van der Waals surface area contributed by atoms with Gasteiger partial charge in [0.1, 0.15) is 5.75 Å². The van der Waals surface area contributed by atoms with E-state index in [1.807, 2.05) is 19.2 Å². The van der Waals surface area contributed by atoms with Gasteiger partial charge in [0.25, 0.3) is 0 Å². The average Bonchev–Trinajstić information content (AvgIpc) is 3.15. The van der Waals surface area contributed by atoms with Crippen LogP contribution in [-0.2, 0) is 0 Å². The molecule has 1 aliphatic heterocycles. The van der Waals surface area contributed by atoms with Crippen LogP contribution in [0.2, 0.25) is 0 Å². The number of methoxy groups -OCH3 is 1. The monoisotopic (exact) mass is 389 g/mol. The Kier molecular flexibility index (Phi) is 8.90. The van der Waals surface area contributed by atoms with Crippen molar-refractivity contribution in [3.8, 4) is 5.75 Å². The second kappa shape index (κ2) is 11.1. The van der Waals surface area contributed by atoms with E-state index in [4.69, 9.17) is 4.74 Å². The SMILES string of the molecule is CN=C(NCCN(C(C)C)C(C)C)NCC1CCN(c2ccccc2OC)C1.